The van der Waals surface area contributed by atoms with Crippen LogP contribution in [-0.2, 0) is 6.42 Å². The maximum absolute atomic E-state index is 11.3. The smallest absolute Gasteiger partial charge is 0.314 e. The number of rotatable bonds is 5. The molecule has 6 heteroatoms. The topological polar surface area (TPSA) is 61.4 Å². The summed E-state index contributed by atoms with van der Waals surface area (Å²) in [5.41, 5.74) is 1.04. The Hall–Kier alpha value is -0.780. The zero-order valence-corrected chi connectivity index (χ0v) is 12.4. The molecule has 0 spiro atoms. The summed E-state index contributed by atoms with van der Waals surface area (Å²) in [6.45, 7) is 2.36. The van der Waals surface area contributed by atoms with Gasteiger partial charge in [-0.25, -0.2) is 4.79 Å². The van der Waals surface area contributed by atoms with Crippen molar-refractivity contribution in [1.82, 2.24) is 10.6 Å². The Morgan fingerprint density at radius 2 is 2.22 bits per heavy atom. The summed E-state index contributed by atoms with van der Waals surface area (Å²) in [5, 5.41) is 14.9. The van der Waals surface area contributed by atoms with Crippen LogP contribution < -0.4 is 10.6 Å². The van der Waals surface area contributed by atoms with E-state index in [0.717, 1.165) is 10.0 Å². The standard InChI is InChI=1S/C12H16BrClN2O2/c1-8(17)7-16-12(18)15-5-4-9-6-10(14)2-3-11(9)13/h2-3,6,8,17H,4-5,7H2,1H3,(H2,15,16,18)/t8-/m1/s1. The number of benzene rings is 1. The first-order valence-corrected chi connectivity index (χ1v) is 6.80. The number of hydrogen-bond acceptors (Lipinski definition) is 2. The van der Waals surface area contributed by atoms with Crippen LogP contribution in [0.1, 0.15) is 12.5 Å². The molecular weight excluding hydrogens is 320 g/mol. The highest BCUT2D eigenvalue weighted by Gasteiger charge is 2.04. The van der Waals surface area contributed by atoms with Crippen molar-refractivity contribution in [2.75, 3.05) is 13.1 Å². The van der Waals surface area contributed by atoms with Gasteiger partial charge in [-0.15, -0.1) is 0 Å². The molecule has 0 aliphatic carbocycles. The second-order valence-corrected chi connectivity index (χ2v) is 5.26. The Balaban J connectivity index is 2.33. The summed E-state index contributed by atoms with van der Waals surface area (Å²) in [7, 11) is 0. The number of halogens is 2. The predicted molar refractivity (Wildman–Crippen MR) is 75.9 cm³/mol. The number of urea groups is 1. The van der Waals surface area contributed by atoms with Crippen LogP contribution in [0.3, 0.4) is 0 Å². The molecular formula is C12H16BrClN2O2. The summed E-state index contributed by atoms with van der Waals surface area (Å²) in [6, 6.07) is 5.26. The van der Waals surface area contributed by atoms with Gasteiger partial charge < -0.3 is 15.7 Å². The van der Waals surface area contributed by atoms with Crippen LogP contribution in [0.5, 0.6) is 0 Å². The minimum absolute atomic E-state index is 0.243. The number of amides is 2. The number of carbonyl (C=O) groups excluding carboxylic acids is 1. The van der Waals surface area contributed by atoms with Gasteiger partial charge in [0.2, 0.25) is 0 Å². The lowest BCUT2D eigenvalue weighted by Crippen LogP contribution is -2.39. The summed E-state index contributed by atoms with van der Waals surface area (Å²) < 4.78 is 0.970. The van der Waals surface area contributed by atoms with E-state index in [4.69, 9.17) is 16.7 Å². The number of aliphatic hydroxyl groups excluding tert-OH is 1. The van der Waals surface area contributed by atoms with Gasteiger partial charge in [-0.1, -0.05) is 27.5 Å². The Kier molecular flexibility index (Phi) is 6.46. The Labute approximate surface area is 120 Å². The minimum atomic E-state index is -0.544. The second kappa shape index (κ2) is 7.61. The highest BCUT2D eigenvalue weighted by atomic mass is 79.9. The summed E-state index contributed by atoms with van der Waals surface area (Å²) in [6.07, 6.45) is 0.140. The molecule has 0 saturated heterocycles. The molecule has 1 atom stereocenters. The molecule has 1 aromatic rings. The fourth-order valence-corrected chi connectivity index (χ4v) is 1.99. The molecule has 0 radical (unpaired) electrons. The minimum Gasteiger partial charge on any atom is -0.392 e. The molecule has 1 aromatic carbocycles. The fraction of sp³-hybridized carbons (Fsp3) is 0.417. The van der Waals surface area contributed by atoms with Gasteiger partial charge in [0, 0.05) is 22.6 Å². The summed E-state index contributed by atoms with van der Waals surface area (Å²) in [4.78, 5) is 11.3. The first-order valence-electron chi connectivity index (χ1n) is 5.62. The van der Waals surface area contributed by atoms with E-state index in [9.17, 15) is 4.79 Å². The van der Waals surface area contributed by atoms with Gasteiger partial charge in [0.15, 0.2) is 0 Å². The van der Waals surface area contributed by atoms with Crippen LogP contribution in [0.15, 0.2) is 22.7 Å². The monoisotopic (exact) mass is 334 g/mol. The van der Waals surface area contributed by atoms with Crippen LogP contribution in [0, 0.1) is 0 Å². The largest absolute Gasteiger partial charge is 0.392 e. The SMILES string of the molecule is C[C@@H](O)CNC(=O)NCCc1cc(Cl)ccc1Br. The molecule has 0 bridgehead atoms. The van der Waals surface area contributed by atoms with E-state index >= 15 is 0 Å². The third-order valence-corrected chi connectivity index (χ3v) is 3.25. The number of hydrogen-bond donors (Lipinski definition) is 3. The van der Waals surface area contributed by atoms with E-state index in [1.807, 2.05) is 12.1 Å². The average molecular weight is 336 g/mol. The normalized spacial score (nSPS) is 12.0. The lowest BCUT2D eigenvalue weighted by Gasteiger charge is -2.09. The maximum atomic E-state index is 11.3. The number of nitrogens with one attached hydrogen (secondary N) is 2. The van der Waals surface area contributed by atoms with Crippen molar-refractivity contribution in [2.24, 2.45) is 0 Å². The summed E-state index contributed by atoms with van der Waals surface area (Å²) >= 11 is 9.32. The van der Waals surface area contributed by atoms with Crippen molar-refractivity contribution in [3.63, 3.8) is 0 Å². The third kappa shape index (κ3) is 5.71. The van der Waals surface area contributed by atoms with E-state index in [0.29, 0.717) is 18.0 Å². The van der Waals surface area contributed by atoms with Crippen molar-refractivity contribution < 1.29 is 9.90 Å². The Morgan fingerprint density at radius 1 is 1.50 bits per heavy atom. The molecule has 18 heavy (non-hydrogen) atoms. The van der Waals surface area contributed by atoms with E-state index in [1.165, 1.54) is 0 Å². The Bertz CT molecular complexity index is 413. The van der Waals surface area contributed by atoms with E-state index in [-0.39, 0.29) is 12.6 Å². The van der Waals surface area contributed by atoms with E-state index in [2.05, 4.69) is 26.6 Å². The maximum Gasteiger partial charge on any atom is 0.314 e. The van der Waals surface area contributed by atoms with Crippen LogP contribution in [0.2, 0.25) is 5.02 Å². The van der Waals surface area contributed by atoms with Gasteiger partial charge in [0.25, 0.3) is 0 Å². The highest BCUT2D eigenvalue weighted by molar-refractivity contribution is 9.10. The third-order valence-electron chi connectivity index (χ3n) is 2.25. The number of aliphatic hydroxyl groups is 1. The quantitative estimate of drug-likeness (QED) is 0.773. The summed E-state index contributed by atoms with van der Waals surface area (Å²) in [5.74, 6) is 0. The van der Waals surface area contributed by atoms with Gasteiger partial charge in [-0.3, -0.25) is 0 Å². The van der Waals surface area contributed by atoms with Crippen LogP contribution >= 0.6 is 27.5 Å². The van der Waals surface area contributed by atoms with Gasteiger partial charge in [-0.05, 0) is 37.1 Å². The molecule has 3 N–H and O–H groups in total. The molecule has 4 nitrogen and oxygen atoms in total. The van der Waals surface area contributed by atoms with Crippen LogP contribution in [-0.4, -0.2) is 30.3 Å². The molecule has 0 unspecified atom stereocenters. The predicted octanol–water partition coefficient (Wildman–Crippen LogP) is 2.33. The lowest BCUT2D eigenvalue weighted by molar-refractivity contribution is 0.187. The van der Waals surface area contributed by atoms with Crippen molar-refractivity contribution >= 4 is 33.6 Å². The van der Waals surface area contributed by atoms with E-state index < -0.39 is 6.10 Å². The van der Waals surface area contributed by atoms with E-state index in [1.54, 1.807) is 13.0 Å². The van der Waals surface area contributed by atoms with Crippen molar-refractivity contribution in [3.05, 3.63) is 33.3 Å². The lowest BCUT2D eigenvalue weighted by atomic mass is 10.1. The zero-order valence-electron chi connectivity index (χ0n) is 10.0. The van der Waals surface area contributed by atoms with Crippen LogP contribution in [0.25, 0.3) is 0 Å². The van der Waals surface area contributed by atoms with Crippen molar-refractivity contribution in [2.45, 2.75) is 19.4 Å². The molecule has 0 aromatic heterocycles. The first kappa shape index (κ1) is 15.3. The molecule has 0 aliphatic heterocycles. The second-order valence-electron chi connectivity index (χ2n) is 3.97. The van der Waals surface area contributed by atoms with Gasteiger partial charge in [0.1, 0.15) is 0 Å². The highest BCUT2D eigenvalue weighted by Crippen LogP contribution is 2.21. The molecule has 100 valence electrons. The first-order chi connectivity index (χ1) is 8.49. The molecule has 0 heterocycles. The van der Waals surface area contributed by atoms with Gasteiger partial charge >= 0.3 is 6.03 Å². The fourth-order valence-electron chi connectivity index (χ4n) is 1.35. The molecule has 0 saturated carbocycles. The van der Waals surface area contributed by atoms with Crippen LogP contribution in [0.4, 0.5) is 4.79 Å². The molecule has 2 amide bonds. The Morgan fingerprint density at radius 3 is 2.89 bits per heavy atom. The molecule has 0 aliphatic rings. The van der Waals surface area contributed by atoms with Gasteiger partial charge in [0.05, 0.1) is 6.10 Å². The van der Waals surface area contributed by atoms with Gasteiger partial charge in [-0.2, -0.15) is 0 Å². The van der Waals surface area contributed by atoms with Crippen molar-refractivity contribution in [1.29, 1.82) is 0 Å². The molecule has 0 fully saturated rings. The average Bonchev–Trinajstić information content (AvgIpc) is 2.31. The van der Waals surface area contributed by atoms with Crippen molar-refractivity contribution in [3.8, 4) is 0 Å². The molecule has 1 rings (SSSR count). The number of carbonyl (C=O) groups is 1. The zero-order chi connectivity index (χ0) is 13.5.